The summed E-state index contributed by atoms with van der Waals surface area (Å²) >= 11 is 0. The fraction of sp³-hybridized carbons (Fsp3) is 0.500. The zero-order valence-electron chi connectivity index (χ0n) is 7.36. The predicted octanol–water partition coefficient (Wildman–Crippen LogP) is -0.124. The lowest BCUT2D eigenvalue weighted by molar-refractivity contribution is -0.152. The van der Waals surface area contributed by atoms with Gasteiger partial charge >= 0.3 is 5.97 Å². The second-order valence-electron chi connectivity index (χ2n) is 2.55. The Balaban J connectivity index is 2.41. The number of carbonyl (C=O) groups is 1. The average Bonchev–Trinajstić information content (AvgIpc) is 2.57. The summed E-state index contributed by atoms with van der Waals surface area (Å²) in [6.07, 6.45) is 2.15. The van der Waals surface area contributed by atoms with Crippen molar-refractivity contribution in [2.75, 3.05) is 6.61 Å². The zero-order valence-corrected chi connectivity index (χ0v) is 7.36. The largest absolute Gasteiger partial charge is 0.464 e. The number of rotatable bonds is 4. The van der Waals surface area contributed by atoms with E-state index in [2.05, 4.69) is 14.7 Å². The summed E-state index contributed by atoms with van der Waals surface area (Å²) in [4.78, 5) is 17.5. The molecular formula is C8H12N2O3. The van der Waals surface area contributed by atoms with Gasteiger partial charge in [0.15, 0.2) is 6.10 Å². The summed E-state index contributed by atoms with van der Waals surface area (Å²) in [5, 5.41) is 9.30. The SMILES string of the molecule is CCOC(=O)C(O)Cc1cnc[nH]1. The molecular weight excluding hydrogens is 172 g/mol. The number of carbonyl (C=O) groups excluding carboxylic acids is 1. The Morgan fingerprint density at radius 1 is 1.85 bits per heavy atom. The number of aromatic amines is 1. The van der Waals surface area contributed by atoms with Crippen LogP contribution >= 0.6 is 0 Å². The van der Waals surface area contributed by atoms with Crippen LogP contribution in [0.15, 0.2) is 12.5 Å². The summed E-state index contributed by atoms with van der Waals surface area (Å²) in [6, 6.07) is 0. The molecule has 0 aromatic carbocycles. The fourth-order valence-corrected chi connectivity index (χ4v) is 0.926. The number of aliphatic hydroxyl groups is 1. The van der Waals surface area contributed by atoms with Crippen LogP contribution in [0.3, 0.4) is 0 Å². The average molecular weight is 184 g/mol. The number of ether oxygens (including phenoxy) is 1. The molecule has 2 N–H and O–H groups in total. The van der Waals surface area contributed by atoms with E-state index < -0.39 is 12.1 Å². The minimum Gasteiger partial charge on any atom is -0.464 e. The standard InChI is InChI=1S/C8H12N2O3/c1-2-13-8(12)7(11)3-6-4-9-5-10-6/h4-5,7,11H,2-3H2,1H3,(H,9,10). The van der Waals surface area contributed by atoms with Gasteiger partial charge in [0.2, 0.25) is 0 Å². The van der Waals surface area contributed by atoms with Crippen molar-refractivity contribution in [3.8, 4) is 0 Å². The molecule has 0 aliphatic rings. The highest BCUT2D eigenvalue weighted by molar-refractivity contribution is 5.74. The van der Waals surface area contributed by atoms with Crippen LogP contribution in [0.1, 0.15) is 12.6 Å². The first-order valence-electron chi connectivity index (χ1n) is 4.06. The molecule has 0 saturated heterocycles. The maximum absolute atomic E-state index is 11.0. The van der Waals surface area contributed by atoms with Crippen LogP contribution in [-0.2, 0) is 16.0 Å². The molecule has 0 aliphatic carbocycles. The van der Waals surface area contributed by atoms with E-state index in [-0.39, 0.29) is 13.0 Å². The van der Waals surface area contributed by atoms with Gasteiger partial charge in [0.05, 0.1) is 12.9 Å². The molecule has 1 rings (SSSR count). The first kappa shape index (κ1) is 9.73. The third-order valence-corrected chi connectivity index (χ3v) is 1.53. The van der Waals surface area contributed by atoms with Gasteiger partial charge in [-0.1, -0.05) is 0 Å². The van der Waals surface area contributed by atoms with E-state index in [4.69, 9.17) is 0 Å². The minimum absolute atomic E-state index is 0.207. The Kier molecular flexibility index (Phi) is 3.45. The van der Waals surface area contributed by atoms with Crippen LogP contribution in [0.4, 0.5) is 0 Å². The number of aromatic nitrogens is 2. The first-order valence-corrected chi connectivity index (χ1v) is 4.06. The van der Waals surface area contributed by atoms with Crippen molar-refractivity contribution in [3.63, 3.8) is 0 Å². The number of nitrogens with zero attached hydrogens (tertiary/aromatic N) is 1. The van der Waals surface area contributed by atoms with Crippen molar-refractivity contribution in [1.82, 2.24) is 9.97 Å². The molecule has 0 fully saturated rings. The Hall–Kier alpha value is -1.36. The van der Waals surface area contributed by atoms with Gasteiger partial charge in [-0.05, 0) is 6.92 Å². The van der Waals surface area contributed by atoms with Crippen LogP contribution in [0.2, 0.25) is 0 Å². The van der Waals surface area contributed by atoms with Crippen LogP contribution in [0, 0.1) is 0 Å². The Morgan fingerprint density at radius 3 is 3.15 bits per heavy atom. The maximum atomic E-state index is 11.0. The normalized spacial score (nSPS) is 12.5. The van der Waals surface area contributed by atoms with E-state index >= 15 is 0 Å². The van der Waals surface area contributed by atoms with Crippen LogP contribution in [-0.4, -0.2) is 33.8 Å². The third kappa shape index (κ3) is 2.87. The second-order valence-corrected chi connectivity index (χ2v) is 2.55. The minimum atomic E-state index is -1.11. The highest BCUT2D eigenvalue weighted by atomic mass is 16.5. The highest BCUT2D eigenvalue weighted by Gasteiger charge is 2.16. The van der Waals surface area contributed by atoms with Crippen LogP contribution < -0.4 is 0 Å². The van der Waals surface area contributed by atoms with E-state index in [0.717, 1.165) is 0 Å². The number of hydrogen-bond acceptors (Lipinski definition) is 4. The Labute approximate surface area is 75.8 Å². The van der Waals surface area contributed by atoms with Gasteiger partial charge < -0.3 is 14.8 Å². The Morgan fingerprint density at radius 2 is 2.62 bits per heavy atom. The van der Waals surface area contributed by atoms with Crippen molar-refractivity contribution in [3.05, 3.63) is 18.2 Å². The van der Waals surface area contributed by atoms with Crippen molar-refractivity contribution in [1.29, 1.82) is 0 Å². The van der Waals surface area contributed by atoms with Gasteiger partial charge in [-0.2, -0.15) is 0 Å². The fourth-order valence-electron chi connectivity index (χ4n) is 0.926. The van der Waals surface area contributed by atoms with E-state index in [1.807, 2.05) is 0 Å². The van der Waals surface area contributed by atoms with Crippen molar-refractivity contribution >= 4 is 5.97 Å². The van der Waals surface area contributed by atoms with E-state index in [1.165, 1.54) is 6.33 Å². The zero-order chi connectivity index (χ0) is 9.68. The summed E-state index contributed by atoms with van der Waals surface area (Å²) < 4.78 is 4.63. The van der Waals surface area contributed by atoms with E-state index in [1.54, 1.807) is 13.1 Å². The van der Waals surface area contributed by atoms with Gasteiger partial charge in [0, 0.05) is 18.3 Å². The molecule has 0 aliphatic heterocycles. The van der Waals surface area contributed by atoms with Crippen molar-refractivity contribution in [2.45, 2.75) is 19.4 Å². The smallest absolute Gasteiger partial charge is 0.335 e. The third-order valence-electron chi connectivity index (χ3n) is 1.53. The summed E-state index contributed by atoms with van der Waals surface area (Å²) in [7, 11) is 0. The predicted molar refractivity (Wildman–Crippen MR) is 44.9 cm³/mol. The Bertz CT molecular complexity index is 258. The van der Waals surface area contributed by atoms with Gasteiger partial charge in [-0.3, -0.25) is 0 Å². The molecule has 0 radical (unpaired) electrons. The lowest BCUT2D eigenvalue weighted by Crippen LogP contribution is -2.25. The quantitative estimate of drug-likeness (QED) is 0.639. The summed E-state index contributed by atoms with van der Waals surface area (Å²) in [5.74, 6) is -0.600. The number of imidazole rings is 1. The van der Waals surface area contributed by atoms with Crippen LogP contribution in [0.25, 0.3) is 0 Å². The molecule has 1 atom stereocenters. The lowest BCUT2D eigenvalue weighted by Gasteiger charge is -2.07. The van der Waals surface area contributed by atoms with E-state index in [0.29, 0.717) is 5.69 Å². The molecule has 0 saturated carbocycles. The molecule has 5 heteroatoms. The lowest BCUT2D eigenvalue weighted by atomic mass is 10.2. The molecule has 1 unspecified atom stereocenters. The molecule has 13 heavy (non-hydrogen) atoms. The van der Waals surface area contributed by atoms with E-state index in [9.17, 15) is 9.90 Å². The monoisotopic (exact) mass is 184 g/mol. The van der Waals surface area contributed by atoms with Crippen LogP contribution in [0.5, 0.6) is 0 Å². The highest BCUT2D eigenvalue weighted by Crippen LogP contribution is 1.99. The maximum Gasteiger partial charge on any atom is 0.335 e. The van der Waals surface area contributed by atoms with Crippen molar-refractivity contribution < 1.29 is 14.6 Å². The molecule has 5 nitrogen and oxygen atoms in total. The van der Waals surface area contributed by atoms with Gasteiger partial charge in [0.1, 0.15) is 0 Å². The summed E-state index contributed by atoms with van der Waals surface area (Å²) in [6.45, 7) is 1.97. The van der Waals surface area contributed by atoms with Gasteiger partial charge in [0.25, 0.3) is 0 Å². The number of aliphatic hydroxyl groups excluding tert-OH is 1. The van der Waals surface area contributed by atoms with Gasteiger partial charge in [-0.25, -0.2) is 9.78 Å². The molecule has 0 amide bonds. The summed E-state index contributed by atoms with van der Waals surface area (Å²) in [5.41, 5.74) is 0.709. The second kappa shape index (κ2) is 4.61. The molecule has 0 spiro atoms. The molecule has 72 valence electrons. The number of H-pyrrole nitrogens is 1. The first-order chi connectivity index (χ1) is 6.24. The van der Waals surface area contributed by atoms with Crippen molar-refractivity contribution in [2.24, 2.45) is 0 Å². The topological polar surface area (TPSA) is 75.2 Å². The molecule has 0 bridgehead atoms. The number of nitrogens with one attached hydrogen (secondary N) is 1. The van der Waals surface area contributed by atoms with Gasteiger partial charge in [-0.15, -0.1) is 0 Å². The number of esters is 1. The molecule has 1 aromatic rings. The number of hydrogen-bond donors (Lipinski definition) is 2. The molecule has 1 aromatic heterocycles. The molecule has 1 heterocycles.